The summed E-state index contributed by atoms with van der Waals surface area (Å²) in [6.45, 7) is 15.4. The van der Waals surface area contributed by atoms with Crippen molar-refractivity contribution in [3.05, 3.63) is 106 Å². The average molecular weight is 505 g/mol. The molecule has 190 valence electrons. The molecule has 1 aromatic carbocycles. The van der Waals surface area contributed by atoms with Crippen LogP contribution in [0.25, 0.3) is 11.1 Å². The van der Waals surface area contributed by atoms with Crippen LogP contribution in [0.15, 0.2) is 84.0 Å². The smallest absolute Gasteiger partial charge is 0.261 e. The maximum Gasteiger partial charge on any atom is 0.261 e. The predicted molar refractivity (Wildman–Crippen MR) is 145 cm³/mol. The van der Waals surface area contributed by atoms with Gasteiger partial charge in [-0.15, -0.1) is 6.58 Å². The van der Waals surface area contributed by atoms with Gasteiger partial charge in [0, 0.05) is 34.7 Å². The third kappa shape index (κ3) is 2.83. The van der Waals surface area contributed by atoms with Gasteiger partial charge in [-0.05, 0) is 84.2 Å². The molecule has 0 radical (unpaired) electrons. The third-order valence-corrected chi connectivity index (χ3v) is 8.12. The Balaban J connectivity index is 1.72. The van der Waals surface area contributed by atoms with Gasteiger partial charge >= 0.3 is 0 Å². The minimum absolute atomic E-state index is 0.265. The fourth-order valence-corrected chi connectivity index (χ4v) is 6.57. The number of benzene rings is 1. The van der Waals surface area contributed by atoms with Crippen LogP contribution in [0.2, 0.25) is 0 Å². The maximum absolute atomic E-state index is 13.5. The van der Waals surface area contributed by atoms with Crippen LogP contribution in [0.1, 0.15) is 49.5 Å². The Labute approximate surface area is 221 Å². The SMILES string of the molecule is C=CC1=c2c3c(ccc2=C2C=CC4=C5C(=CC=C1C52)C(=O)N(C(C)C)C4=O)C(=O)N(C(C)C)C(=O)C3C=C. The summed E-state index contributed by atoms with van der Waals surface area (Å²) in [7, 11) is 0. The Kier molecular flexibility index (Phi) is 5.12. The highest BCUT2D eigenvalue weighted by Crippen LogP contribution is 2.48. The Morgan fingerprint density at radius 2 is 1.58 bits per heavy atom. The first-order chi connectivity index (χ1) is 18.1. The van der Waals surface area contributed by atoms with Crippen molar-refractivity contribution in [1.29, 1.82) is 0 Å². The molecule has 0 fully saturated rings. The number of nitrogens with zero attached hydrogens (tertiary/aromatic N) is 2. The van der Waals surface area contributed by atoms with Crippen molar-refractivity contribution in [2.45, 2.75) is 45.7 Å². The van der Waals surface area contributed by atoms with Gasteiger partial charge in [0.1, 0.15) is 0 Å². The van der Waals surface area contributed by atoms with Crippen molar-refractivity contribution >= 4 is 34.8 Å². The lowest BCUT2D eigenvalue weighted by molar-refractivity contribution is -0.142. The minimum atomic E-state index is -0.692. The second-order valence-electron chi connectivity index (χ2n) is 10.7. The predicted octanol–water partition coefficient (Wildman–Crippen LogP) is 2.97. The molecule has 2 atom stereocenters. The second kappa shape index (κ2) is 8.09. The Bertz CT molecular complexity index is 1690. The van der Waals surface area contributed by atoms with E-state index in [1.165, 1.54) is 9.80 Å². The lowest BCUT2D eigenvalue weighted by Crippen LogP contribution is -2.53. The summed E-state index contributed by atoms with van der Waals surface area (Å²) in [5, 5.41) is 1.65. The summed E-state index contributed by atoms with van der Waals surface area (Å²) in [5.74, 6) is -2.21. The molecular weight excluding hydrogens is 476 g/mol. The van der Waals surface area contributed by atoms with E-state index in [-0.39, 0.29) is 41.6 Å². The van der Waals surface area contributed by atoms with E-state index in [0.29, 0.717) is 27.8 Å². The zero-order valence-electron chi connectivity index (χ0n) is 21.9. The van der Waals surface area contributed by atoms with Crippen molar-refractivity contribution in [3.63, 3.8) is 0 Å². The van der Waals surface area contributed by atoms with E-state index in [0.717, 1.165) is 27.2 Å². The number of fused-ring (bicyclic) bond motifs is 3. The maximum atomic E-state index is 13.5. The van der Waals surface area contributed by atoms with E-state index >= 15 is 0 Å². The van der Waals surface area contributed by atoms with Crippen LogP contribution in [-0.4, -0.2) is 45.5 Å². The van der Waals surface area contributed by atoms with Crippen molar-refractivity contribution < 1.29 is 19.2 Å². The van der Waals surface area contributed by atoms with Gasteiger partial charge in [0.2, 0.25) is 5.91 Å². The number of carbonyl (C=O) groups is 4. The number of carbonyl (C=O) groups excluding carboxylic acids is 4. The lowest BCUT2D eigenvalue weighted by atomic mass is 9.65. The van der Waals surface area contributed by atoms with Gasteiger partial charge in [0.15, 0.2) is 0 Å². The molecule has 6 rings (SSSR count). The molecule has 2 unspecified atom stereocenters. The molecule has 0 aromatic heterocycles. The van der Waals surface area contributed by atoms with Gasteiger partial charge in [-0.25, -0.2) is 0 Å². The van der Waals surface area contributed by atoms with Crippen molar-refractivity contribution in [3.8, 4) is 0 Å². The van der Waals surface area contributed by atoms with Crippen molar-refractivity contribution in [2.75, 3.05) is 0 Å². The van der Waals surface area contributed by atoms with Gasteiger partial charge < -0.3 is 0 Å². The lowest BCUT2D eigenvalue weighted by Gasteiger charge is -2.41. The molecule has 2 heterocycles. The number of amides is 4. The average Bonchev–Trinajstić information content (AvgIpc) is 2.88. The quantitative estimate of drug-likeness (QED) is 0.467. The van der Waals surface area contributed by atoms with E-state index < -0.39 is 5.92 Å². The number of rotatable bonds is 4. The first-order valence-corrected chi connectivity index (χ1v) is 12.9. The van der Waals surface area contributed by atoms with Crippen LogP contribution in [0.3, 0.4) is 0 Å². The normalized spacial score (nSPS) is 23.5. The van der Waals surface area contributed by atoms with Crippen LogP contribution in [0.5, 0.6) is 0 Å². The summed E-state index contributed by atoms with van der Waals surface area (Å²) in [4.78, 5) is 56.5. The summed E-state index contributed by atoms with van der Waals surface area (Å²) in [5.41, 5.74) is 5.49. The molecule has 6 nitrogen and oxygen atoms in total. The Morgan fingerprint density at radius 3 is 2.21 bits per heavy atom. The van der Waals surface area contributed by atoms with Gasteiger partial charge in [0.05, 0.1) is 5.92 Å². The number of allylic oxidation sites excluding steroid dienone is 5. The molecule has 0 spiro atoms. The molecule has 6 heteroatoms. The number of imide groups is 2. The van der Waals surface area contributed by atoms with E-state index in [2.05, 4.69) is 13.2 Å². The molecule has 38 heavy (non-hydrogen) atoms. The Morgan fingerprint density at radius 1 is 0.868 bits per heavy atom. The van der Waals surface area contributed by atoms with Gasteiger partial charge in [-0.3, -0.25) is 29.0 Å². The molecule has 0 bridgehead atoms. The number of hydrogen-bond acceptors (Lipinski definition) is 4. The highest BCUT2D eigenvalue weighted by Gasteiger charge is 2.46. The standard InChI is InChI=1S/C32H28N2O4/c1-7-17-19-9-12-23-28-24(32(38)34(16(5)6)31(23)37)14-11-21(27(19)28)20-10-13-22-26(25(17)20)18(8-2)29(35)33(15(3)4)30(22)36/h7-16,18,27H,1-2H2,3-6H3. The molecular formula is C32H28N2O4. The molecule has 5 aliphatic rings. The summed E-state index contributed by atoms with van der Waals surface area (Å²) in [6, 6.07) is 3.15. The summed E-state index contributed by atoms with van der Waals surface area (Å²) >= 11 is 0. The Hall–Kier alpha value is -4.32. The monoisotopic (exact) mass is 504 g/mol. The highest BCUT2D eigenvalue weighted by molar-refractivity contribution is 6.20. The summed E-state index contributed by atoms with van der Waals surface area (Å²) in [6.07, 6.45) is 10.8. The molecule has 1 aromatic rings. The molecule has 2 aliphatic heterocycles. The minimum Gasteiger partial charge on any atom is -0.275 e. The topological polar surface area (TPSA) is 74.8 Å². The van der Waals surface area contributed by atoms with Crippen LogP contribution in [-0.2, 0) is 14.4 Å². The van der Waals surface area contributed by atoms with E-state index in [4.69, 9.17) is 0 Å². The van der Waals surface area contributed by atoms with E-state index in [9.17, 15) is 19.2 Å². The zero-order chi connectivity index (χ0) is 27.2. The van der Waals surface area contributed by atoms with Gasteiger partial charge in [0.25, 0.3) is 17.7 Å². The first kappa shape index (κ1) is 24.0. The van der Waals surface area contributed by atoms with Crippen LogP contribution in [0, 0.1) is 5.92 Å². The van der Waals surface area contributed by atoms with Crippen LogP contribution < -0.4 is 10.4 Å². The zero-order valence-corrected chi connectivity index (χ0v) is 21.9. The molecule has 0 saturated carbocycles. The first-order valence-electron chi connectivity index (χ1n) is 12.9. The molecule has 0 saturated heterocycles. The fraction of sp³-hybridized carbons (Fsp3) is 0.250. The second-order valence-corrected chi connectivity index (χ2v) is 10.7. The van der Waals surface area contributed by atoms with Crippen LogP contribution >= 0.6 is 0 Å². The number of hydrogen-bond donors (Lipinski definition) is 0. The van der Waals surface area contributed by atoms with Crippen LogP contribution in [0.4, 0.5) is 0 Å². The van der Waals surface area contributed by atoms with E-state index in [1.807, 2.05) is 45.9 Å². The van der Waals surface area contributed by atoms with Crippen molar-refractivity contribution in [2.24, 2.45) is 5.92 Å². The highest BCUT2D eigenvalue weighted by atomic mass is 16.2. The van der Waals surface area contributed by atoms with Gasteiger partial charge in [-0.2, -0.15) is 0 Å². The summed E-state index contributed by atoms with van der Waals surface area (Å²) < 4.78 is 0. The van der Waals surface area contributed by atoms with Crippen molar-refractivity contribution in [1.82, 2.24) is 9.80 Å². The molecule has 4 amide bonds. The largest absolute Gasteiger partial charge is 0.275 e. The van der Waals surface area contributed by atoms with Gasteiger partial charge in [-0.1, -0.05) is 36.9 Å². The molecule has 3 aliphatic carbocycles. The molecule has 0 N–H and O–H groups in total. The fourth-order valence-electron chi connectivity index (χ4n) is 6.57. The van der Waals surface area contributed by atoms with E-state index in [1.54, 1.807) is 30.4 Å². The third-order valence-electron chi connectivity index (χ3n) is 8.12.